The molecule has 2 aliphatic rings. The monoisotopic (exact) mass is 443 g/mol. The SMILES string of the molecule is O=C1C(Cc2ccccc2)NC(=O)C2(CCN(Cc3ccc(Cl)cc3)CC2)N1CCF. The van der Waals surface area contributed by atoms with Gasteiger partial charge in [-0.2, -0.15) is 0 Å². The number of benzene rings is 2. The second-order valence-corrected chi connectivity index (χ2v) is 8.77. The van der Waals surface area contributed by atoms with Crippen molar-refractivity contribution in [3.63, 3.8) is 0 Å². The Bertz CT molecular complexity index is 914. The van der Waals surface area contributed by atoms with Crippen LogP contribution in [0.15, 0.2) is 54.6 Å². The van der Waals surface area contributed by atoms with E-state index in [0.717, 1.165) is 17.7 Å². The minimum atomic E-state index is -0.965. The number of likely N-dealkylation sites (tertiary alicyclic amines) is 1. The number of halogens is 2. The van der Waals surface area contributed by atoms with Crippen LogP contribution in [0, 0.1) is 0 Å². The van der Waals surface area contributed by atoms with E-state index in [1.165, 1.54) is 4.90 Å². The van der Waals surface area contributed by atoms with E-state index in [4.69, 9.17) is 11.6 Å². The summed E-state index contributed by atoms with van der Waals surface area (Å²) in [6.07, 6.45) is 1.40. The van der Waals surface area contributed by atoms with Crippen LogP contribution in [0.25, 0.3) is 0 Å². The van der Waals surface area contributed by atoms with Crippen molar-refractivity contribution in [2.75, 3.05) is 26.3 Å². The maximum atomic E-state index is 13.4. The highest BCUT2D eigenvalue weighted by Gasteiger charge is 2.53. The Hall–Kier alpha value is -2.44. The molecule has 2 amide bonds. The number of nitrogens with zero attached hydrogens (tertiary/aromatic N) is 2. The molecule has 0 aliphatic carbocycles. The molecule has 2 fully saturated rings. The molecule has 4 rings (SSSR count). The number of hydrogen-bond acceptors (Lipinski definition) is 3. The molecule has 2 aromatic rings. The zero-order valence-corrected chi connectivity index (χ0v) is 18.2. The molecule has 0 saturated carbocycles. The smallest absolute Gasteiger partial charge is 0.246 e. The Labute approximate surface area is 187 Å². The van der Waals surface area contributed by atoms with Crippen LogP contribution in [0.4, 0.5) is 4.39 Å². The molecule has 31 heavy (non-hydrogen) atoms. The average molecular weight is 444 g/mol. The molecule has 0 aromatic heterocycles. The molecular weight excluding hydrogens is 417 g/mol. The summed E-state index contributed by atoms with van der Waals surface area (Å²) >= 11 is 5.96. The molecule has 2 aromatic carbocycles. The number of carbonyl (C=O) groups excluding carboxylic acids is 2. The fourth-order valence-electron chi connectivity index (χ4n) is 4.70. The van der Waals surface area contributed by atoms with Crippen LogP contribution in [0.1, 0.15) is 24.0 Å². The summed E-state index contributed by atoms with van der Waals surface area (Å²) in [5, 5.41) is 3.65. The average Bonchev–Trinajstić information content (AvgIpc) is 2.79. The van der Waals surface area contributed by atoms with Crippen molar-refractivity contribution in [3.8, 4) is 0 Å². The number of carbonyl (C=O) groups is 2. The van der Waals surface area contributed by atoms with Crippen molar-refractivity contribution in [2.24, 2.45) is 0 Å². The van der Waals surface area contributed by atoms with Crippen LogP contribution < -0.4 is 5.32 Å². The highest BCUT2D eigenvalue weighted by molar-refractivity contribution is 6.30. The summed E-state index contributed by atoms with van der Waals surface area (Å²) in [4.78, 5) is 30.3. The van der Waals surface area contributed by atoms with Crippen LogP contribution >= 0.6 is 11.6 Å². The van der Waals surface area contributed by atoms with E-state index in [-0.39, 0.29) is 18.4 Å². The summed E-state index contributed by atoms with van der Waals surface area (Å²) in [6, 6.07) is 16.6. The third-order valence-electron chi connectivity index (χ3n) is 6.40. The maximum Gasteiger partial charge on any atom is 0.246 e. The van der Waals surface area contributed by atoms with E-state index in [9.17, 15) is 14.0 Å². The number of alkyl halides is 1. The predicted molar refractivity (Wildman–Crippen MR) is 118 cm³/mol. The Balaban J connectivity index is 1.46. The zero-order chi connectivity index (χ0) is 21.8. The second-order valence-electron chi connectivity index (χ2n) is 8.33. The number of piperidine rings is 1. The van der Waals surface area contributed by atoms with E-state index in [0.29, 0.717) is 37.4 Å². The minimum absolute atomic E-state index is 0.0469. The number of nitrogens with one attached hydrogen (secondary N) is 1. The van der Waals surface area contributed by atoms with Gasteiger partial charge in [-0.3, -0.25) is 14.5 Å². The lowest BCUT2D eigenvalue weighted by Crippen LogP contribution is -2.73. The van der Waals surface area contributed by atoms with Gasteiger partial charge in [-0.05, 0) is 36.1 Å². The molecule has 1 unspecified atom stereocenters. The van der Waals surface area contributed by atoms with Gasteiger partial charge in [0.1, 0.15) is 18.3 Å². The Kier molecular flexibility index (Phi) is 6.58. The van der Waals surface area contributed by atoms with Crippen LogP contribution in [0.2, 0.25) is 5.02 Å². The molecule has 1 N–H and O–H groups in total. The van der Waals surface area contributed by atoms with Crippen molar-refractivity contribution < 1.29 is 14.0 Å². The Morgan fingerprint density at radius 1 is 1.00 bits per heavy atom. The Morgan fingerprint density at radius 2 is 1.68 bits per heavy atom. The first-order valence-electron chi connectivity index (χ1n) is 10.7. The molecule has 164 valence electrons. The van der Waals surface area contributed by atoms with Gasteiger partial charge in [0, 0.05) is 31.1 Å². The standard InChI is InChI=1S/C24H27ClFN3O2/c25-20-8-6-19(7-9-20)17-28-13-10-24(11-14-28)23(31)27-21(22(30)29(24)15-12-26)16-18-4-2-1-3-5-18/h1-9,21H,10-17H2,(H,27,31). The van der Waals surface area contributed by atoms with Gasteiger partial charge in [-0.25, -0.2) is 4.39 Å². The van der Waals surface area contributed by atoms with Gasteiger partial charge in [0.2, 0.25) is 11.8 Å². The summed E-state index contributed by atoms with van der Waals surface area (Å²) in [7, 11) is 0. The second kappa shape index (κ2) is 9.37. The number of amides is 2. The van der Waals surface area contributed by atoms with Gasteiger partial charge in [0.25, 0.3) is 0 Å². The van der Waals surface area contributed by atoms with E-state index >= 15 is 0 Å². The van der Waals surface area contributed by atoms with E-state index in [1.807, 2.05) is 54.6 Å². The summed E-state index contributed by atoms with van der Waals surface area (Å²) < 4.78 is 13.4. The number of rotatable bonds is 6. The molecule has 2 aliphatic heterocycles. The molecule has 1 atom stereocenters. The largest absolute Gasteiger partial charge is 0.342 e. The lowest BCUT2D eigenvalue weighted by atomic mass is 9.81. The first-order chi connectivity index (χ1) is 15.0. The van der Waals surface area contributed by atoms with Gasteiger partial charge in [0.05, 0.1) is 6.54 Å². The summed E-state index contributed by atoms with van der Waals surface area (Å²) in [5.41, 5.74) is 1.15. The highest BCUT2D eigenvalue weighted by Crippen LogP contribution is 2.34. The van der Waals surface area contributed by atoms with Gasteiger partial charge >= 0.3 is 0 Å². The summed E-state index contributed by atoms with van der Waals surface area (Å²) in [6.45, 7) is 1.37. The van der Waals surface area contributed by atoms with E-state index < -0.39 is 18.3 Å². The van der Waals surface area contributed by atoms with Crippen molar-refractivity contribution >= 4 is 23.4 Å². The molecule has 7 heteroatoms. The van der Waals surface area contributed by atoms with Crippen molar-refractivity contribution in [3.05, 3.63) is 70.7 Å². The van der Waals surface area contributed by atoms with Crippen molar-refractivity contribution in [1.82, 2.24) is 15.1 Å². The fourth-order valence-corrected chi connectivity index (χ4v) is 4.82. The summed E-state index contributed by atoms with van der Waals surface area (Å²) in [5.74, 6) is -0.347. The molecule has 5 nitrogen and oxygen atoms in total. The molecular formula is C24H27ClFN3O2. The minimum Gasteiger partial charge on any atom is -0.342 e. The van der Waals surface area contributed by atoms with Crippen LogP contribution in [0.3, 0.4) is 0 Å². The normalized spacial score (nSPS) is 21.4. The number of piperazine rings is 1. The third kappa shape index (κ3) is 4.60. The number of hydrogen-bond donors (Lipinski definition) is 1. The maximum absolute atomic E-state index is 13.4. The van der Waals surface area contributed by atoms with Crippen LogP contribution in [0.5, 0.6) is 0 Å². The van der Waals surface area contributed by atoms with Crippen molar-refractivity contribution in [2.45, 2.75) is 37.4 Å². The quantitative estimate of drug-likeness (QED) is 0.745. The topological polar surface area (TPSA) is 52.7 Å². The molecule has 2 heterocycles. The third-order valence-corrected chi connectivity index (χ3v) is 6.65. The fraction of sp³-hybridized carbons (Fsp3) is 0.417. The first kappa shape index (κ1) is 21.8. The van der Waals surface area contributed by atoms with Gasteiger partial charge in [-0.1, -0.05) is 54.1 Å². The molecule has 0 bridgehead atoms. The Morgan fingerprint density at radius 3 is 2.32 bits per heavy atom. The lowest BCUT2D eigenvalue weighted by molar-refractivity contribution is -0.161. The van der Waals surface area contributed by atoms with Gasteiger partial charge in [0.15, 0.2) is 0 Å². The molecule has 2 saturated heterocycles. The molecule has 1 spiro atoms. The van der Waals surface area contributed by atoms with Crippen LogP contribution in [-0.2, 0) is 22.6 Å². The van der Waals surface area contributed by atoms with Gasteiger partial charge in [-0.15, -0.1) is 0 Å². The first-order valence-corrected chi connectivity index (χ1v) is 11.1. The zero-order valence-electron chi connectivity index (χ0n) is 17.4. The van der Waals surface area contributed by atoms with Gasteiger partial charge < -0.3 is 10.2 Å². The lowest BCUT2D eigenvalue weighted by Gasteiger charge is -2.51. The highest BCUT2D eigenvalue weighted by atomic mass is 35.5. The van der Waals surface area contributed by atoms with E-state index in [2.05, 4.69) is 10.2 Å². The van der Waals surface area contributed by atoms with Crippen LogP contribution in [-0.4, -0.2) is 59.5 Å². The van der Waals surface area contributed by atoms with Crippen molar-refractivity contribution in [1.29, 1.82) is 0 Å². The van der Waals surface area contributed by atoms with E-state index in [1.54, 1.807) is 0 Å². The molecule has 0 radical (unpaired) electrons. The predicted octanol–water partition coefficient (Wildman–Crippen LogP) is 3.21.